The normalized spacial score (nSPS) is 11.0. The molecule has 0 amide bonds. The molecule has 9 nitrogen and oxygen atoms in total. The molecule has 2 aromatic carbocycles. The van der Waals surface area contributed by atoms with E-state index in [1.54, 1.807) is 38.6 Å². The monoisotopic (exact) mass is 406 g/mol. The number of nitrogens with zero attached hydrogens (tertiary/aromatic N) is 4. The summed E-state index contributed by atoms with van der Waals surface area (Å²) < 4.78 is 13.6. The van der Waals surface area contributed by atoms with Crippen LogP contribution in [0, 0.1) is 0 Å². The van der Waals surface area contributed by atoms with E-state index in [1.807, 2.05) is 30.3 Å². The molecule has 0 unspecified atom stereocenters. The zero-order valence-electron chi connectivity index (χ0n) is 16.7. The molecule has 0 aliphatic rings. The lowest BCUT2D eigenvalue weighted by atomic mass is 10.3. The predicted molar refractivity (Wildman–Crippen MR) is 116 cm³/mol. The smallest absolute Gasteiger partial charge is 0.334 e. The number of methoxy groups -OCH3 is 1. The van der Waals surface area contributed by atoms with Gasteiger partial charge in [0.1, 0.15) is 17.9 Å². The Morgan fingerprint density at radius 3 is 2.67 bits per heavy atom. The molecule has 0 saturated carbocycles. The van der Waals surface area contributed by atoms with Crippen LogP contribution in [0.4, 0.5) is 17.3 Å². The van der Waals surface area contributed by atoms with Gasteiger partial charge in [-0.05, 0) is 42.5 Å². The fourth-order valence-electron chi connectivity index (χ4n) is 3.07. The van der Waals surface area contributed by atoms with Crippen molar-refractivity contribution in [3.8, 4) is 11.4 Å². The van der Waals surface area contributed by atoms with Crippen LogP contribution in [0.3, 0.4) is 0 Å². The first kappa shape index (κ1) is 19.5. The number of nitrogens with one attached hydrogen (secondary N) is 1. The largest absolute Gasteiger partial charge is 0.491 e. The van der Waals surface area contributed by atoms with Gasteiger partial charge in [-0.15, -0.1) is 0 Å². The highest BCUT2D eigenvalue weighted by molar-refractivity contribution is 5.75. The molecule has 4 rings (SSSR count). The third-order valence-corrected chi connectivity index (χ3v) is 4.60. The lowest BCUT2D eigenvalue weighted by Gasteiger charge is -2.08. The van der Waals surface area contributed by atoms with E-state index in [1.165, 1.54) is 9.13 Å². The second kappa shape index (κ2) is 8.26. The number of benzene rings is 2. The summed E-state index contributed by atoms with van der Waals surface area (Å²) in [6.07, 6.45) is 1.62. The van der Waals surface area contributed by atoms with E-state index < -0.39 is 0 Å². The number of fused-ring (bicyclic) bond motifs is 1. The molecule has 0 saturated heterocycles. The quantitative estimate of drug-likeness (QED) is 0.358. The lowest BCUT2D eigenvalue weighted by molar-refractivity contribution is 0.146. The van der Waals surface area contributed by atoms with Crippen LogP contribution in [0.15, 0.2) is 59.5 Å². The van der Waals surface area contributed by atoms with Gasteiger partial charge in [0, 0.05) is 25.5 Å². The van der Waals surface area contributed by atoms with Crippen molar-refractivity contribution in [1.82, 2.24) is 19.1 Å². The molecular formula is C21H22N6O3. The minimum absolute atomic E-state index is 0.223. The molecule has 154 valence electrons. The number of hydrogen-bond acceptors (Lipinski definition) is 7. The highest BCUT2D eigenvalue weighted by Crippen LogP contribution is 2.21. The Morgan fingerprint density at radius 2 is 1.93 bits per heavy atom. The second-order valence-electron chi connectivity index (χ2n) is 6.67. The molecule has 0 radical (unpaired) electrons. The summed E-state index contributed by atoms with van der Waals surface area (Å²) in [6.45, 7) is 1.01. The molecule has 0 aliphatic carbocycles. The molecule has 0 spiro atoms. The zero-order valence-corrected chi connectivity index (χ0v) is 16.7. The summed E-state index contributed by atoms with van der Waals surface area (Å²) in [5.41, 5.74) is 8.79. The highest BCUT2D eigenvalue weighted by Gasteiger charge is 2.15. The second-order valence-corrected chi connectivity index (χ2v) is 6.67. The Kier molecular flexibility index (Phi) is 5.36. The summed E-state index contributed by atoms with van der Waals surface area (Å²) in [5.74, 6) is 1.12. The number of aromatic nitrogens is 4. The van der Waals surface area contributed by atoms with Crippen molar-refractivity contribution in [1.29, 1.82) is 0 Å². The number of anilines is 3. The third kappa shape index (κ3) is 3.83. The molecule has 4 aromatic rings. The van der Waals surface area contributed by atoms with Gasteiger partial charge in [0.2, 0.25) is 5.95 Å². The highest BCUT2D eigenvalue weighted by atomic mass is 16.5. The van der Waals surface area contributed by atoms with Crippen LogP contribution in [0.25, 0.3) is 16.9 Å². The number of aryl methyl sites for hydroxylation is 1. The summed E-state index contributed by atoms with van der Waals surface area (Å²) in [7, 11) is 3.32. The molecule has 30 heavy (non-hydrogen) atoms. The van der Waals surface area contributed by atoms with Gasteiger partial charge < -0.3 is 20.5 Å². The van der Waals surface area contributed by atoms with Crippen LogP contribution in [-0.2, 0) is 11.8 Å². The first-order valence-electron chi connectivity index (χ1n) is 9.36. The van der Waals surface area contributed by atoms with Gasteiger partial charge in [0.15, 0.2) is 5.65 Å². The van der Waals surface area contributed by atoms with Gasteiger partial charge in [-0.1, -0.05) is 6.07 Å². The van der Waals surface area contributed by atoms with Gasteiger partial charge in [0.05, 0.1) is 18.5 Å². The summed E-state index contributed by atoms with van der Waals surface area (Å²) in [4.78, 5) is 21.7. The van der Waals surface area contributed by atoms with Gasteiger partial charge in [0.25, 0.3) is 0 Å². The van der Waals surface area contributed by atoms with E-state index in [0.29, 0.717) is 41.7 Å². The first-order chi connectivity index (χ1) is 14.6. The number of hydrogen-bond donors (Lipinski definition) is 2. The minimum Gasteiger partial charge on any atom is -0.491 e. The van der Waals surface area contributed by atoms with Crippen LogP contribution in [0.2, 0.25) is 0 Å². The number of imidazole rings is 1. The zero-order chi connectivity index (χ0) is 21.1. The van der Waals surface area contributed by atoms with E-state index >= 15 is 0 Å². The average Bonchev–Trinajstić information content (AvgIpc) is 2.99. The van der Waals surface area contributed by atoms with Gasteiger partial charge in [-0.25, -0.2) is 14.3 Å². The number of nitrogen functional groups attached to an aromatic ring is 1. The molecule has 0 atom stereocenters. The molecule has 0 aliphatic heterocycles. The van der Waals surface area contributed by atoms with Gasteiger partial charge in [-0.3, -0.25) is 4.57 Å². The fraction of sp³-hybridized carbons (Fsp3) is 0.190. The molecule has 0 fully saturated rings. The SMILES string of the molecule is COCCOc1ccc(Nc2ncc3c(n2)n(-c2cccc(N)c2)c(=O)n3C)cc1. The van der Waals surface area contributed by atoms with E-state index in [9.17, 15) is 4.79 Å². The number of nitrogens with two attached hydrogens (primary N) is 1. The van der Waals surface area contributed by atoms with Crippen molar-refractivity contribution in [2.75, 3.05) is 31.4 Å². The van der Waals surface area contributed by atoms with Crippen molar-refractivity contribution in [2.24, 2.45) is 7.05 Å². The van der Waals surface area contributed by atoms with Crippen molar-refractivity contribution in [3.63, 3.8) is 0 Å². The summed E-state index contributed by atoms with van der Waals surface area (Å²) in [6, 6.07) is 14.5. The Morgan fingerprint density at radius 1 is 1.13 bits per heavy atom. The predicted octanol–water partition coefficient (Wildman–Crippen LogP) is 2.47. The molecule has 9 heteroatoms. The van der Waals surface area contributed by atoms with Crippen LogP contribution >= 0.6 is 0 Å². The summed E-state index contributed by atoms with van der Waals surface area (Å²) >= 11 is 0. The topological polar surface area (TPSA) is 109 Å². The lowest BCUT2D eigenvalue weighted by Crippen LogP contribution is -2.21. The first-order valence-corrected chi connectivity index (χ1v) is 9.36. The molecule has 0 bridgehead atoms. The molecular weight excluding hydrogens is 384 g/mol. The van der Waals surface area contributed by atoms with Crippen LogP contribution in [-0.4, -0.2) is 39.4 Å². The van der Waals surface area contributed by atoms with E-state index in [2.05, 4.69) is 15.3 Å². The third-order valence-electron chi connectivity index (χ3n) is 4.60. The maximum absolute atomic E-state index is 12.8. The average molecular weight is 406 g/mol. The van der Waals surface area contributed by atoms with E-state index in [0.717, 1.165) is 11.4 Å². The van der Waals surface area contributed by atoms with Gasteiger partial charge in [-0.2, -0.15) is 4.98 Å². The Hall–Kier alpha value is -3.85. The van der Waals surface area contributed by atoms with Crippen molar-refractivity contribution in [2.45, 2.75) is 0 Å². The Labute approximate surface area is 172 Å². The van der Waals surface area contributed by atoms with Crippen molar-refractivity contribution >= 4 is 28.5 Å². The maximum atomic E-state index is 12.8. The molecule has 2 heterocycles. The van der Waals surface area contributed by atoms with E-state index in [-0.39, 0.29) is 5.69 Å². The van der Waals surface area contributed by atoms with Crippen molar-refractivity contribution < 1.29 is 9.47 Å². The minimum atomic E-state index is -0.223. The number of rotatable bonds is 7. The standard InChI is InChI=1S/C21H22N6O3/c1-26-18-13-23-20(24-15-6-8-17(9-7-15)30-11-10-29-2)25-19(18)27(21(26)28)16-5-3-4-14(22)12-16/h3-9,12-13H,10-11,22H2,1-2H3,(H,23,24,25). The van der Waals surface area contributed by atoms with Crippen molar-refractivity contribution in [3.05, 3.63) is 65.2 Å². The molecule has 3 N–H and O–H groups in total. The number of ether oxygens (including phenoxy) is 2. The Balaban J connectivity index is 1.65. The van der Waals surface area contributed by atoms with Crippen LogP contribution in [0.1, 0.15) is 0 Å². The molecule has 2 aromatic heterocycles. The maximum Gasteiger partial charge on any atom is 0.334 e. The van der Waals surface area contributed by atoms with Crippen LogP contribution in [0.5, 0.6) is 5.75 Å². The Bertz CT molecular complexity index is 1230. The fourth-order valence-corrected chi connectivity index (χ4v) is 3.07. The summed E-state index contributed by atoms with van der Waals surface area (Å²) in [5, 5.41) is 3.16. The van der Waals surface area contributed by atoms with Crippen LogP contribution < -0.4 is 21.5 Å². The van der Waals surface area contributed by atoms with Gasteiger partial charge >= 0.3 is 5.69 Å². The van der Waals surface area contributed by atoms with E-state index in [4.69, 9.17) is 15.2 Å².